The predicted octanol–water partition coefficient (Wildman–Crippen LogP) is 2.96. The summed E-state index contributed by atoms with van der Waals surface area (Å²) in [6.07, 6.45) is 0. The van der Waals surface area contributed by atoms with Crippen molar-refractivity contribution in [3.8, 4) is 0 Å². The van der Waals surface area contributed by atoms with E-state index in [1.807, 2.05) is 0 Å². The molecule has 0 unspecified atom stereocenters. The van der Waals surface area contributed by atoms with Crippen molar-refractivity contribution < 1.29 is 5.11 Å². The van der Waals surface area contributed by atoms with Gasteiger partial charge in [0.1, 0.15) is 0 Å². The summed E-state index contributed by atoms with van der Waals surface area (Å²) in [5.41, 5.74) is 4.08. The third-order valence-electron chi connectivity index (χ3n) is 2.98. The first-order chi connectivity index (χ1) is 7.06. The number of aryl methyl sites for hydroxylation is 3. The summed E-state index contributed by atoms with van der Waals surface area (Å²) in [5.74, 6) is 0. The summed E-state index contributed by atoms with van der Waals surface area (Å²) in [6.45, 7) is 8.88. The van der Waals surface area contributed by atoms with Crippen LogP contribution in [-0.2, 0) is 0 Å². The predicted molar refractivity (Wildman–Crippen MR) is 67.0 cm³/mol. The lowest BCUT2D eigenvalue weighted by Gasteiger charge is -2.11. The molecule has 1 nitrogen and oxygen atoms in total. The first-order valence-corrected chi connectivity index (χ1v) is 6.59. The minimum atomic E-state index is -0.241. The Balaban J connectivity index is 2.40. The molecule has 0 amide bonds. The molecule has 0 saturated heterocycles. The average Bonchev–Trinajstić information content (AvgIpc) is 2.75. The topological polar surface area (TPSA) is 20.2 Å². The summed E-state index contributed by atoms with van der Waals surface area (Å²) in [7, 11) is -0.241. The normalized spacial score (nSPS) is 19.7. The van der Waals surface area contributed by atoms with E-state index < -0.39 is 0 Å². The minimum absolute atomic E-state index is 0.240. The Kier molecular flexibility index (Phi) is 2.70. The average molecular weight is 220 g/mol. The molecule has 1 aliphatic rings. The van der Waals surface area contributed by atoms with Gasteiger partial charge in [0.15, 0.2) is 0 Å². The molecule has 0 fully saturated rings. The third-order valence-corrected chi connectivity index (χ3v) is 5.87. The first kappa shape index (κ1) is 10.9. The Bertz CT molecular complexity index is 423. The van der Waals surface area contributed by atoms with E-state index in [-0.39, 0.29) is 14.5 Å². The van der Waals surface area contributed by atoms with Gasteiger partial charge in [-0.15, -0.1) is 0 Å². The number of benzene rings is 1. The maximum atomic E-state index is 9.20. The number of allylic oxidation sites excluding steroid dienone is 1. The second-order valence-corrected chi connectivity index (χ2v) is 6.60. The minimum Gasteiger partial charge on any atom is -0.392 e. The molecule has 2 heteroatoms. The molecule has 0 spiro atoms. The van der Waals surface area contributed by atoms with E-state index in [0.717, 1.165) is 0 Å². The van der Waals surface area contributed by atoms with E-state index in [2.05, 4.69) is 39.8 Å². The Morgan fingerprint density at radius 2 is 1.60 bits per heavy atom. The Hall–Kier alpha value is -0.650. The van der Waals surface area contributed by atoms with Crippen LogP contribution in [0, 0.1) is 20.8 Å². The molecule has 1 heterocycles. The molecule has 1 aliphatic heterocycles. The zero-order valence-corrected chi connectivity index (χ0v) is 10.7. The highest BCUT2D eigenvalue weighted by molar-refractivity contribution is 7.80. The van der Waals surface area contributed by atoms with Gasteiger partial charge in [-0.3, -0.25) is 0 Å². The van der Waals surface area contributed by atoms with Crippen LogP contribution in [0.3, 0.4) is 0 Å². The number of aliphatic hydroxyl groups is 1. The quantitative estimate of drug-likeness (QED) is 0.760. The van der Waals surface area contributed by atoms with Crippen LogP contribution in [-0.4, -0.2) is 11.7 Å². The van der Waals surface area contributed by atoms with Crippen LogP contribution in [0.4, 0.5) is 0 Å². The maximum absolute atomic E-state index is 9.20. The van der Waals surface area contributed by atoms with Crippen LogP contribution in [0.25, 0.3) is 0 Å². The number of hydrogen-bond donors (Lipinski definition) is 1. The van der Waals surface area contributed by atoms with Crippen LogP contribution < -0.4 is 5.30 Å². The number of rotatable bonds is 2. The molecule has 0 radical (unpaired) electrons. The summed E-state index contributed by atoms with van der Waals surface area (Å²) in [6, 6.07) is 4.48. The number of hydrogen-bond acceptors (Lipinski definition) is 1. The zero-order valence-electron chi connectivity index (χ0n) is 9.76. The van der Waals surface area contributed by atoms with E-state index >= 15 is 0 Å². The van der Waals surface area contributed by atoms with Crippen LogP contribution in [0.5, 0.6) is 0 Å². The third kappa shape index (κ3) is 1.75. The highest BCUT2D eigenvalue weighted by Gasteiger charge is 2.35. The fourth-order valence-electron chi connectivity index (χ4n) is 2.31. The second kappa shape index (κ2) is 3.73. The summed E-state index contributed by atoms with van der Waals surface area (Å²) in [5, 5.41) is 13.4. The van der Waals surface area contributed by atoms with Crippen molar-refractivity contribution in [1.29, 1.82) is 0 Å². The van der Waals surface area contributed by atoms with Gasteiger partial charge in [-0.2, -0.15) is 0 Å². The van der Waals surface area contributed by atoms with Crippen molar-refractivity contribution in [2.75, 3.05) is 6.61 Å². The molecule has 1 aromatic rings. The lowest BCUT2D eigenvalue weighted by atomic mass is 10.1. The molecule has 0 bridgehead atoms. The highest BCUT2D eigenvalue weighted by Crippen LogP contribution is 2.68. The Morgan fingerprint density at radius 1 is 1.07 bits per heavy atom. The van der Waals surface area contributed by atoms with Crippen LogP contribution >= 0.6 is 7.92 Å². The second-order valence-electron chi connectivity index (χ2n) is 4.27. The molecular formula is C13H17OP. The molecule has 0 aromatic heterocycles. The van der Waals surface area contributed by atoms with E-state index in [4.69, 9.17) is 0 Å². The summed E-state index contributed by atoms with van der Waals surface area (Å²) < 4.78 is 0. The Morgan fingerprint density at radius 3 is 2.00 bits per heavy atom. The standard InChI is InChI=1S/C13H17OP/c1-8-5-9(2)13(10(3)6-8)15-11(4)12(15)7-14/h5-6,14H,7H2,1-4H3/t15-/m1/s1. The van der Waals surface area contributed by atoms with Crippen LogP contribution in [0.15, 0.2) is 22.8 Å². The zero-order chi connectivity index (χ0) is 11.2. The van der Waals surface area contributed by atoms with Gasteiger partial charge >= 0.3 is 0 Å². The van der Waals surface area contributed by atoms with Gasteiger partial charge in [-0.25, -0.2) is 0 Å². The van der Waals surface area contributed by atoms with Crippen molar-refractivity contribution in [3.05, 3.63) is 39.5 Å². The van der Waals surface area contributed by atoms with Crippen molar-refractivity contribution in [2.45, 2.75) is 27.7 Å². The van der Waals surface area contributed by atoms with Gasteiger partial charge in [0.05, 0.1) is 6.61 Å². The fourth-order valence-corrected chi connectivity index (χ4v) is 4.70. The molecule has 0 aliphatic carbocycles. The molecule has 15 heavy (non-hydrogen) atoms. The van der Waals surface area contributed by atoms with E-state index in [1.165, 1.54) is 32.6 Å². The van der Waals surface area contributed by atoms with Crippen LogP contribution in [0.1, 0.15) is 23.6 Å². The summed E-state index contributed by atoms with van der Waals surface area (Å²) in [4.78, 5) is 0. The first-order valence-electron chi connectivity index (χ1n) is 5.25. The Labute approximate surface area is 92.6 Å². The largest absolute Gasteiger partial charge is 0.392 e. The van der Waals surface area contributed by atoms with Gasteiger partial charge in [0.2, 0.25) is 0 Å². The van der Waals surface area contributed by atoms with Crippen LogP contribution in [0.2, 0.25) is 0 Å². The highest BCUT2D eigenvalue weighted by atomic mass is 31.1. The van der Waals surface area contributed by atoms with Crippen molar-refractivity contribution in [1.82, 2.24) is 0 Å². The van der Waals surface area contributed by atoms with Gasteiger partial charge in [0.25, 0.3) is 0 Å². The molecule has 1 N–H and O–H groups in total. The molecular weight excluding hydrogens is 203 g/mol. The van der Waals surface area contributed by atoms with E-state index in [9.17, 15) is 5.11 Å². The maximum Gasteiger partial charge on any atom is 0.0695 e. The SMILES string of the molecule is CC1=C(CO)[P@]1c1c(C)cc(C)cc1C. The molecule has 0 saturated carbocycles. The lowest BCUT2D eigenvalue weighted by Crippen LogP contribution is -2.07. The molecule has 2 rings (SSSR count). The van der Waals surface area contributed by atoms with Crippen molar-refractivity contribution >= 4 is 13.2 Å². The van der Waals surface area contributed by atoms with Gasteiger partial charge in [-0.05, 0) is 62.7 Å². The summed E-state index contributed by atoms with van der Waals surface area (Å²) >= 11 is 0. The molecule has 1 atom stereocenters. The lowest BCUT2D eigenvalue weighted by molar-refractivity contribution is 0.340. The smallest absolute Gasteiger partial charge is 0.0695 e. The fraction of sp³-hybridized carbons (Fsp3) is 0.385. The van der Waals surface area contributed by atoms with Gasteiger partial charge < -0.3 is 5.11 Å². The van der Waals surface area contributed by atoms with Gasteiger partial charge in [-0.1, -0.05) is 17.7 Å². The molecule has 80 valence electrons. The van der Waals surface area contributed by atoms with E-state index in [0.29, 0.717) is 0 Å². The molecule has 1 aromatic carbocycles. The number of aliphatic hydroxyl groups excluding tert-OH is 1. The van der Waals surface area contributed by atoms with E-state index in [1.54, 1.807) is 0 Å². The van der Waals surface area contributed by atoms with Crippen molar-refractivity contribution in [2.24, 2.45) is 0 Å². The monoisotopic (exact) mass is 220 g/mol. The van der Waals surface area contributed by atoms with Gasteiger partial charge in [0, 0.05) is 0 Å². The van der Waals surface area contributed by atoms with Crippen molar-refractivity contribution in [3.63, 3.8) is 0 Å².